The topological polar surface area (TPSA) is 107 Å². The summed E-state index contributed by atoms with van der Waals surface area (Å²) in [6.07, 6.45) is 1.48. The first-order chi connectivity index (χ1) is 15.6. The van der Waals surface area contributed by atoms with Gasteiger partial charge >= 0.3 is 5.97 Å². The number of carbonyl (C=O) groups is 1. The number of aliphatic hydroxyl groups is 1. The lowest BCUT2D eigenvalue weighted by Gasteiger charge is -2.21. The van der Waals surface area contributed by atoms with Gasteiger partial charge in [0.2, 0.25) is 0 Å². The van der Waals surface area contributed by atoms with Crippen LogP contribution in [0.25, 0.3) is 33.3 Å². The molecule has 5 rings (SSSR count). The van der Waals surface area contributed by atoms with Crippen LogP contribution in [0.15, 0.2) is 66.9 Å². The van der Waals surface area contributed by atoms with Crippen molar-refractivity contribution in [3.63, 3.8) is 0 Å². The van der Waals surface area contributed by atoms with E-state index < -0.39 is 5.97 Å². The highest BCUT2D eigenvalue weighted by Gasteiger charge is 2.20. The molecule has 0 fully saturated rings. The summed E-state index contributed by atoms with van der Waals surface area (Å²) in [5.74, 6) is -1.02. The van der Waals surface area contributed by atoms with Gasteiger partial charge in [-0.3, -0.25) is 9.67 Å². The van der Waals surface area contributed by atoms with Crippen molar-refractivity contribution in [2.45, 2.75) is 6.54 Å². The molecule has 160 valence electrons. The summed E-state index contributed by atoms with van der Waals surface area (Å²) in [6.45, 7) is 0.270. The number of fused-ring (bicyclic) bond motifs is 2. The number of carboxylic acids is 1. The number of aromatic nitrogens is 4. The molecule has 0 saturated heterocycles. The summed E-state index contributed by atoms with van der Waals surface area (Å²) in [5, 5.41) is 24.8. The quantitative estimate of drug-likeness (QED) is 0.378. The third-order valence-corrected chi connectivity index (χ3v) is 5.57. The van der Waals surface area contributed by atoms with E-state index in [1.807, 2.05) is 55.6 Å². The Hall–Kier alpha value is -4.17. The van der Waals surface area contributed by atoms with Gasteiger partial charge in [-0.2, -0.15) is 5.10 Å². The van der Waals surface area contributed by atoms with Crippen molar-refractivity contribution in [2.75, 3.05) is 18.6 Å². The van der Waals surface area contributed by atoms with Crippen LogP contribution in [0.3, 0.4) is 0 Å². The number of anilines is 2. The van der Waals surface area contributed by atoms with E-state index in [1.54, 1.807) is 10.7 Å². The molecule has 0 atom stereocenters. The van der Waals surface area contributed by atoms with E-state index >= 15 is 0 Å². The Labute approximate surface area is 183 Å². The molecule has 3 heterocycles. The molecule has 0 aliphatic carbocycles. The first kappa shape index (κ1) is 19.8. The number of aliphatic hydroxyl groups excluding tert-OH is 1. The minimum atomic E-state index is -1.02. The van der Waals surface area contributed by atoms with Gasteiger partial charge in [-0.05, 0) is 30.3 Å². The van der Waals surface area contributed by atoms with Crippen molar-refractivity contribution in [2.24, 2.45) is 0 Å². The molecule has 0 saturated carbocycles. The molecule has 0 spiro atoms. The van der Waals surface area contributed by atoms with Crippen LogP contribution in [-0.2, 0) is 6.54 Å². The van der Waals surface area contributed by atoms with Crippen molar-refractivity contribution >= 4 is 39.3 Å². The molecular formula is C24H21N5O3. The number of hydrogen-bond acceptors (Lipinski definition) is 5. The van der Waals surface area contributed by atoms with E-state index in [0.717, 1.165) is 22.3 Å². The fraction of sp³-hybridized carbons (Fsp3) is 0.125. The van der Waals surface area contributed by atoms with Gasteiger partial charge in [-0.15, -0.1) is 0 Å². The number of nitrogens with one attached hydrogen (secondary N) is 1. The molecule has 0 aliphatic heterocycles. The van der Waals surface area contributed by atoms with E-state index in [2.05, 4.69) is 14.9 Å². The van der Waals surface area contributed by atoms with E-state index in [1.165, 1.54) is 12.3 Å². The van der Waals surface area contributed by atoms with Gasteiger partial charge < -0.3 is 20.1 Å². The second kappa shape index (κ2) is 7.82. The van der Waals surface area contributed by atoms with Gasteiger partial charge in [0, 0.05) is 24.3 Å². The minimum Gasteiger partial charge on any atom is -0.478 e. The predicted octanol–water partition coefficient (Wildman–Crippen LogP) is 4.04. The normalized spacial score (nSPS) is 11.3. The lowest BCUT2D eigenvalue weighted by molar-refractivity contribution is 0.0698. The fourth-order valence-electron chi connectivity index (χ4n) is 4.07. The van der Waals surface area contributed by atoms with E-state index in [9.17, 15) is 15.0 Å². The van der Waals surface area contributed by atoms with Crippen LogP contribution in [0, 0.1) is 0 Å². The minimum absolute atomic E-state index is 0.0585. The van der Waals surface area contributed by atoms with Gasteiger partial charge in [-0.1, -0.05) is 30.3 Å². The van der Waals surface area contributed by atoms with Crippen LogP contribution in [0.2, 0.25) is 0 Å². The molecule has 8 nitrogen and oxygen atoms in total. The number of carboxylic acid groups (broad SMARTS) is 1. The third kappa shape index (κ3) is 3.17. The predicted molar refractivity (Wildman–Crippen MR) is 123 cm³/mol. The number of hydrogen-bond donors (Lipinski definition) is 3. The van der Waals surface area contributed by atoms with Crippen molar-refractivity contribution < 1.29 is 15.0 Å². The van der Waals surface area contributed by atoms with Crippen LogP contribution in [0.4, 0.5) is 11.4 Å². The number of benzene rings is 2. The standard InChI is InChI=1S/C24H21N5O3/c1-28(15-6-3-2-4-7-15)20-9-5-8-16-22(27-29(12-13-30)23(16)20)19-14-18-21(26-19)17(24(31)32)10-11-25-18/h2-11,14,26,30H,12-13H2,1H3,(H,31,32). The Bertz CT molecular complexity index is 1440. The number of aromatic carboxylic acids is 1. The summed E-state index contributed by atoms with van der Waals surface area (Å²) in [7, 11) is 1.99. The summed E-state index contributed by atoms with van der Waals surface area (Å²) >= 11 is 0. The van der Waals surface area contributed by atoms with Crippen LogP contribution < -0.4 is 4.90 Å². The molecule has 5 aromatic rings. The van der Waals surface area contributed by atoms with E-state index in [0.29, 0.717) is 29.0 Å². The molecule has 8 heteroatoms. The number of pyridine rings is 1. The molecule has 0 aliphatic rings. The fourth-order valence-corrected chi connectivity index (χ4v) is 4.07. The Balaban J connectivity index is 1.73. The third-order valence-electron chi connectivity index (χ3n) is 5.57. The number of H-pyrrole nitrogens is 1. The molecular weight excluding hydrogens is 406 g/mol. The summed E-state index contributed by atoms with van der Waals surface area (Å²) < 4.78 is 1.79. The monoisotopic (exact) mass is 427 g/mol. The SMILES string of the molecule is CN(c1ccccc1)c1cccc2c(-c3cc4nccc(C(=O)O)c4[nH]3)nn(CCO)c12. The average molecular weight is 427 g/mol. The molecule has 3 N–H and O–H groups in total. The first-order valence-corrected chi connectivity index (χ1v) is 10.2. The summed E-state index contributed by atoms with van der Waals surface area (Å²) in [5.41, 5.74) is 5.37. The zero-order valence-electron chi connectivity index (χ0n) is 17.4. The summed E-state index contributed by atoms with van der Waals surface area (Å²) in [4.78, 5) is 21.2. The highest BCUT2D eigenvalue weighted by Crippen LogP contribution is 2.36. The Morgan fingerprint density at radius 1 is 1.12 bits per heavy atom. The zero-order chi connectivity index (χ0) is 22.2. The van der Waals surface area contributed by atoms with Gasteiger partial charge in [0.15, 0.2) is 0 Å². The molecule has 0 bridgehead atoms. The number of rotatable bonds is 6. The largest absolute Gasteiger partial charge is 0.478 e. The Morgan fingerprint density at radius 3 is 2.69 bits per heavy atom. The van der Waals surface area contributed by atoms with Gasteiger partial charge in [0.05, 0.1) is 46.6 Å². The molecule has 32 heavy (non-hydrogen) atoms. The smallest absolute Gasteiger partial charge is 0.337 e. The van der Waals surface area contributed by atoms with Gasteiger partial charge in [-0.25, -0.2) is 4.79 Å². The molecule has 3 aromatic heterocycles. The highest BCUT2D eigenvalue weighted by molar-refractivity contribution is 6.05. The maximum Gasteiger partial charge on any atom is 0.337 e. The molecule has 0 radical (unpaired) electrons. The maximum atomic E-state index is 11.6. The molecule has 0 amide bonds. The highest BCUT2D eigenvalue weighted by atomic mass is 16.4. The number of para-hydroxylation sites is 2. The van der Waals surface area contributed by atoms with Crippen LogP contribution in [0.1, 0.15) is 10.4 Å². The van der Waals surface area contributed by atoms with Crippen LogP contribution in [0.5, 0.6) is 0 Å². The van der Waals surface area contributed by atoms with Crippen molar-refractivity contribution in [3.8, 4) is 11.4 Å². The maximum absolute atomic E-state index is 11.6. The van der Waals surface area contributed by atoms with Crippen molar-refractivity contribution in [3.05, 3.63) is 72.4 Å². The van der Waals surface area contributed by atoms with E-state index in [4.69, 9.17) is 5.10 Å². The first-order valence-electron chi connectivity index (χ1n) is 10.2. The van der Waals surface area contributed by atoms with Crippen LogP contribution in [-0.4, -0.2) is 49.6 Å². The second-order valence-electron chi connectivity index (χ2n) is 7.47. The van der Waals surface area contributed by atoms with Crippen LogP contribution >= 0.6 is 0 Å². The van der Waals surface area contributed by atoms with Crippen molar-refractivity contribution in [1.82, 2.24) is 19.7 Å². The van der Waals surface area contributed by atoms with Gasteiger partial charge in [0.25, 0.3) is 0 Å². The van der Waals surface area contributed by atoms with Gasteiger partial charge in [0.1, 0.15) is 5.69 Å². The molecule has 0 unspecified atom stereocenters. The lowest BCUT2D eigenvalue weighted by Crippen LogP contribution is -2.12. The van der Waals surface area contributed by atoms with Crippen molar-refractivity contribution in [1.29, 1.82) is 0 Å². The van der Waals surface area contributed by atoms with E-state index in [-0.39, 0.29) is 12.2 Å². The second-order valence-corrected chi connectivity index (χ2v) is 7.47. The lowest BCUT2D eigenvalue weighted by atomic mass is 10.1. The number of aromatic amines is 1. The Kier molecular flexibility index (Phi) is 4.84. The average Bonchev–Trinajstić information content (AvgIpc) is 3.41. The summed E-state index contributed by atoms with van der Waals surface area (Å²) in [6, 6.07) is 19.2. The Morgan fingerprint density at radius 2 is 1.94 bits per heavy atom. The molecule has 2 aromatic carbocycles. The number of nitrogens with zero attached hydrogens (tertiary/aromatic N) is 4. The zero-order valence-corrected chi connectivity index (χ0v) is 17.4.